The van der Waals surface area contributed by atoms with Crippen LogP contribution >= 0.6 is 0 Å². The second-order valence-electron chi connectivity index (χ2n) is 5.45. The largest absolute Gasteiger partial charge is 0.388 e. The Morgan fingerprint density at radius 3 is 1.65 bits per heavy atom. The van der Waals surface area contributed by atoms with Gasteiger partial charge in [0.25, 0.3) is 0 Å². The molecule has 132 valence electrons. The van der Waals surface area contributed by atoms with Crippen molar-refractivity contribution in [3.8, 4) is 24.7 Å². The van der Waals surface area contributed by atoms with Gasteiger partial charge >= 0.3 is 0 Å². The zero-order valence-corrected chi connectivity index (χ0v) is 14.7. The molecule has 0 aliphatic heterocycles. The Morgan fingerprint density at radius 2 is 1.15 bits per heavy atom. The second-order valence-corrected chi connectivity index (χ2v) is 5.45. The van der Waals surface area contributed by atoms with Crippen molar-refractivity contribution in [1.29, 1.82) is 0 Å². The first kappa shape index (κ1) is 21.0. The normalized spacial score (nSPS) is 14.5. The van der Waals surface area contributed by atoms with E-state index in [0.29, 0.717) is 12.8 Å². The molecule has 2 unspecified atom stereocenters. The first-order valence-corrected chi connectivity index (χ1v) is 8.36. The molecular weight excluding hydrogens is 320 g/mol. The van der Waals surface area contributed by atoms with E-state index in [1.54, 1.807) is 24.3 Å². The van der Waals surface area contributed by atoms with E-state index in [2.05, 4.69) is 11.8 Å². The molecule has 0 heterocycles. The SMILES string of the molecule is C#CCC(O)C=CC=CC=Cc1ccccc1C=CC=CC(O)CC#C. The summed E-state index contributed by atoms with van der Waals surface area (Å²) in [6, 6.07) is 7.98. The minimum Gasteiger partial charge on any atom is -0.388 e. The maximum atomic E-state index is 9.54. The molecule has 0 fully saturated rings. The predicted octanol–water partition coefficient (Wildman–Crippen LogP) is 4.15. The molecule has 2 heteroatoms. The number of aliphatic hydroxyl groups excluding tert-OH is 2. The molecule has 0 radical (unpaired) electrons. The average Bonchev–Trinajstić information content (AvgIpc) is 2.63. The summed E-state index contributed by atoms with van der Waals surface area (Å²) in [7, 11) is 0. The number of allylic oxidation sites excluding steroid dienone is 6. The zero-order chi connectivity index (χ0) is 19.0. The number of terminal acetylenes is 2. The predicted molar refractivity (Wildman–Crippen MR) is 111 cm³/mol. The molecule has 1 rings (SSSR count). The molecule has 0 saturated carbocycles. The van der Waals surface area contributed by atoms with Crippen LogP contribution in [0.15, 0.2) is 72.9 Å². The van der Waals surface area contributed by atoms with E-state index in [-0.39, 0.29) is 0 Å². The molecule has 2 atom stereocenters. The Kier molecular flexibility index (Phi) is 10.7. The van der Waals surface area contributed by atoms with Crippen molar-refractivity contribution in [1.82, 2.24) is 0 Å². The summed E-state index contributed by atoms with van der Waals surface area (Å²) >= 11 is 0. The summed E-state index contributed by atoms with van der Waals surface area (Å²) in [5.41, 5.74) is 2.13. The standard InChI is InChI=1S/C24H24O2/c1-3-13-23(25)19-8-6-5-7-15-21-16-9-10-17-22(21)18-11-12-20-24(26)14-4-2/h1-2,5-12,15-20,23-26H,13-14H2. The molecule has 0 aromatic heterocycles. The molecule has 0 aliphatic rings. The van der Waals surface area contributed by atoms with Crippen molar-refractivity contribution in [2.24, 2.45) is 0 Å². The first-order chi connectivity index (χ1) is 12.7. The van der Waals surface area contributed by atoms with Gasteiger partial charge in [-0.2, -0.15) is 0 Å². The Balaban J connectivity index is 2.66. The maximum absolute atomic E-state index is 9.54. The van der Waals surface area contributed by atoms with Crippen molar-refractivity contribution in [3.63, 3.8) is 0 Å². The maximum Gasteiger partial charge on any atom is 0.0833 e. The molecule has 1 aromatic carbocycles. The number of hydrogen-bond donors (Lipinski definition) is 2. The third-order valence-corrected chi connectivity index (χ3v) is 3.31. The van der Waals surface area contributed by atoms with Crippen LogP contribution in [-0.4, -0.2) is 22.4 Å². The molecule has 1 aromatic rings. The summed E-state index contributed by atoms with van der Waals surface area (Å²) in [6.07, 6.45) is 28.1. The smallest absolute Gasteiger partial charge is 0.0833 e. The molecule has 2 N–H and O–H groups in total. The van der Waals surface area contributed by atoms with Crippen molar-refractivity contribution < 1.29 is 10.2 Å². The van der Waals surface area contributed by atoms with E-state index < -0.39 is 12.2 Å². The van der Waals surface area contributed by atoms with Gasteiger partial charge in [-0.15, -0.1) is 24.7 Å². The first-order valence-electron chi connectivity index (χ1n) is 8.36. The lowest BCUT2D eigenvalue weighted by molar-refractivity contribution is 0.229. The Labute approximate surface area is 156 Å². The molecule has 0 bridgehead atoms. The Morgan fingerprint density at radius 1 is 0.731 bits per heavy atom. The summed E-state index contributed by atoms with van der Waals surface area (Å²) < 4.78 is 0. The average molecular weight is 344 g/mol. The van der Waals surface area contributed by atoms with E-state index in [4.69, 9.17) is 12.8 Å². The molecule has 26 heavy (non-hydrogen) atoms. The van der Waals surface area contributed by atoms with Crippen molar-refractivity contribution >= 4 is 12.2 Å². The molecule has 0 amide bonds. The van der Waals surface area contributed by atoms with Gasteiger partial charge in [-0.1, -0.05) is 85.0 Å². The number of benzene rings is 1. The van der Waals surface area contributed by atoms with E-state index in [0.717, 1.165) is 11.1 Å². The molecule has 0 spiro atoms. The van der Waals surface area contributed by atoms with Crippen LogP contribution in [0.4, 0.5) is 0 Å². The monoisotopic (exact) mass is 344 g/mol. The number of hydrogen-bond acceptors (Lipinski definition) is 2. The van der Waals surface area contributed by atoms with Crippen LogP contribution in [0.3, 0.4) is 0 Å². The van der Waals surface area contributed by atoms with Crippen LogP contribution < -0.4 is 0 Å². The van der Waals surface area contributed by atoms with E-state index in [1.807, 2.05) is 60.7 Å². The lowest BCUT2D eigenvalue weighted by atomic mass is 10.1. The molecular formula is C24H24O2. The van der Waals surface area contributed by atoms with Crippen LogP contribution in [0.5, 0.6) is 0 Å². The highest BCUT2D eigenvalue weighted by Crippen LogP contribution is 2.13. The molecule has 0 aliphatic carbocycles. The van der Waals surface area contributed by atoms with Crippen LogP contribution in [0, 0.1) is 24.7 Å². The van der Waals surface area contributed by atoms with Gasteiger partial charge in [0.05, 0.1) is 12.2 Å². The van der Waals surface area contributed by atoms with Gasteiger partial charge in [0.15, 0.2) is 0 Å². The van der Waals surface area contributed by atoms with Gasteiger partial charge in [-0.25, -0.2) is 0 Å². The highest BCUT2D eigenvalue weighted by Gasteiger charge is 1.94. The fraction of sp³-hybridized carbons (Fsp3) is 0.167. The summed E-state index contributed by atoms with van der Waals surface area (Å²) in [6.45, 7) is 0. The van der Waals surface area contributed by atoms with E-state index in [1.165, 1.54) is 0 Å². The van der Waals surface area contributed by atoms with Crippen molar-refractivity contribution in [2.45, 2.75) is 25.0 Å². The van der Waals surface area contributed by atoms with Crippen LogP contribution in [0.25, 0.3) is 12.2 Å². The minimum atomic E-state index is -0.614. The van der Waals surface area contributed by atoms with Gasteiger partial charge in [0.2, 0.25) is 0 Å². The van der Waals surface area contributed by atoms with Gasteiger partial charge in [0.1, 0.15) is 0 Å². The topological polar surface area (TPSA) is 40.5 Å². The summed E-state index contributed by atoms with van der Waals surface area (Å²) in [5, 5.41) is 19.0. The van der Waals surface area contributed by atoms with Crippen molar-refractivity contribution in [2.75, 3.05) is 0 Å². The Bertz CT molecular complexity index is 764. The quantitative estimate of drug-likeness (QED) is 0.522. The van der Waals surface area contributed by atoms with E-state index in [9.17, 15) is 10.2 Å². The minimum absolute atomic E-state index is 0.310. The summed E-state index contributed by atoms with van der Waals surface area (Å²) in [5.74, 6) is 4.82. The van der Waals surface area contributed by atoms with Gasteiger partial charge in [-0.3, -0.25) is 0 Å². The molecule has 0 saturated heterocycles. The van der Waals surface area contributed by atoms with Crippen LogP contribution in [0.2, 0.25) is 0 Å². The highest BCUT2D eigenvalue weighted by atomic mass is 16.3. The summed E-state index contributed by atoms with van der Waals surface area (Å²) in [4.78, 5) is 0. The van der Waals surface area contributed by atoms with Crippen LogP contribution in [0.1, 0.15) is 24.0 Å². The van der Waals surface area contributed by atoms with Gasteiger partial charge < -0.3 is 10.2 Å². The van der Waals surface area contributed by atoms with E-state index >= 15 is 0 Å². The lowest BCUT2D eigenvalue weighted by Crippen LogP contribution is -1.98. The lowest BCUT2D eigenvalue weighted by Gasteiger charge is -1.99. The number of rotatable bonds is 9. The highest BCUT2D eigenvalue weighted by molar-refractivity contribution is 5.66. The zero-order valence-electron chi connectivity index (χ0n) is 14.7. The van der Waals surface area contributed by atoms with Gasteiger partial charge in [-0.05, 0) is 11.1 Å². The third kappa shape index (κ3) is 9.30. The molecule has 2 nitrogen and oxygen atoms in total. The van der Waals surface area contributed by atoms with Gasteiger partial charge in [0, 0.05) is 12.8 Å². The fourth-order valence-corrected chi connectivity index (χ4v) is 2.02. The van der Waals surface area contributed by atoms with Crippen molar-refractivity contribution in [3.05, 3.63) is 84.0 Å². The number of aliphatic hydroxyl groups is 2. The second kappa shape index (κ2) is 13.3. The third-order valence-electron chi connectivity index (χ3n) is 3.31. The Hall–Kier alpha value is -3.04. The fourth-order valence-electron chi connectivity index (χ4n) is 2.02. The van der Waals surface area contributed by atoms with Crippen LogP contribution in [-0.2, 0) is 0 Å².